The third kappa shape index (κ3) is 5.75. The zero-order valence-corrected chi connectivity index (χ0v) is 19.5. The van der Waals surface area contributed by atoms with Crippen LogP contribution >= 0.6 is 24.0 Å². The van der Waals surface area contributed by atoms with E-state index < -0.39 is 0 Å². The average molecular weight is 517 g/mol. The van der Waals surface area contributed by atoms with E-state index >= 15 is 0 Å². The van der Waals surface area contributed by atoms with Gasteiger partial charge in [0.15, 0.2) is 5.96 Å². The maximum absolute atomic E-state index is 5.57. The van der Waals surface area contributed by atoms with Crippen molar-refractivity contribution in [2.45, 2.75) is 12.8 Å². The summed E-state index contributed by atoms with van der Waals surface area (Å²) in [6.07, 6.45) is 1.96. The van der Waals surface area contributed by atoms with Crippen molar-refractivity contribution in [2.24, 2.45) is 4.99 Å². The van der Waals surface area contributed by atoms with Gasteiger partial charge >= 0.3 is 0 Å². The number of pyridine rings is 1. The third-order valence-electron chi connectivity index (χ3n) is 5.01. The van der Waals surface area contributed by atoms with Crippen molar-refractivity contribution in [3.63, 3.8) is 0 Å². The third-order valence-corrected chi connectivity index (χ3v) is 5.01. The van der Waals surface area contributed by atoms with Gasteiger partial charge in [-0.2, -0.15) is 0 Å². The largest absolute Gasteiger partial charge is 0.493 e. The van der Waals surface area contributed by atoms with Gasteiger partial charge in [0.05, 0.1) is 12.1 Å². The van der Waals surface area contributed by atoms with Gasteiger partial charge in [0.1, 0.15) is 11.6 Å². The molecule has 0 bridgehead atoms. The lowest BCUT2D eigenvalue weighted by Crippen LogP contribution is -2.40. The Morgan fingerprint density at radius 1 is 1.03 bits per heavy atom. The summed E-state index contributed by atoms with van der Waals surface area (Å²) >= 11 is 0. The molecular formula is C23H28IN5O. The van der Waals surface area contributed by atoms with Crippen LogP contribution in [0, 0.1) is 0 Å². The topological polar surface area (TPSA) is 70.6 Å². The second kappa shape index (κ2) is 11.0. The van der Waals surface area contributed by atoms with Gasteiger partial charge < -0.3 is 20.7 Å². The van der Waals surface area contributed by atoms with Crippen molar-refractivity contribution in [3.8, 4) is 5.75 Å². The Morgan fingerprint density at radius 3 is 2.80 bits per heavy atom. The first-order chi connectivity index (χ1) is 14.3. The van der Waals surface area contributed by atoms with Crippen LogP contribution in [0.3, 0.4) is 0 Å². The highest BCUT2D eigenvalue weighted by molar-refractivity contribution is 14.0. The van der Waals surface area contributed by atoms with Crippen molar-refractivity contribution < 1.29 is 4.74 Å². The Bertz CT molecular complexity index is 1010. The van der Waals surface area contributed by atoms with Crippen molar-refractivity contribution in [1.29, 1.82) is 0 Å². The Balaban J connectivity index is 0.00000256. The number of hydrogen-bond acceptors (Lipinski definition) is 4. The number of aromatic nitrogens is 1. The number of hydrogen-bond donors (Lipinski definition) is 3. The molecule has 0 saturated heterocycles. The summed E-state index contributed by atoms with van der Waals surface area (Å²) in [4.78, 5) is 8.92. The summed E-state index contributed by atoms with van der Waals surface area (Å²) in [7, 11) is 1.79. The van der Waals surface area contributed by atoms with Crippen molar-refractivity contribution in [2.75, 3.05) is 38.6 Å². The average Bonchev–Trinajstić information content (AvgIpc) is 3.23. The van der Waals surface area contributed by atoms with Crippen LogP contribution in [0.2, 0.25) is 0 Å². The van der Waals surface area contributed by atoms with E-state index in [0.717, 1.165) is 67.5 Å². The number of para-hydroxylation sites is 1. The first-order valence-electron chi connectivity index (χ1n) is 10.1. The van der Waals surface area contributed by atoms with Crippen LogP contribution in [0.15, 0.2) is 59.6 Å². The standard InChI is InChI=1S/C23H27N5O.HI/c1-24-23(26-12-10-17-6-8-21-19(16-17)11-15-29-21)27-14-13-25-22-9-7-18-4-2-3-5-20(18)28-22;/h2-9,16H,10-15H2,1H3,(H,25,28)(H2,24,26,27);1H. The number of aliphatic imine (C=N–C) groups is 1. The van der Waals surface area contributed by atoms with Gasteiger partial charge in [-0.25, -0.2) is 4.98 Å². The molecule has 2 aromatic carbocycles. The van der Waals surface area contributed by atoms with Gasteiger partial charge in [0.25, 0.3) is 0 Å². The molecule has 6 nitrogen and oxygen atoms in total. The molecule has 3 N–H and O–H groups in total. The lowest BCUT2D eigenvalue weighted by Gasteiger charge is -2.13. The predicted octanol–water partition coefficient (Wildman–Crippen LogP) is 3.61. The molecule has 4 rings (SSSR count). The van der Waals surface area contributed by atoms with Crippen molar-refractivity contribution in [1.82, 2.24) is 15.6 Å². The number of nitrogens with zero attached hydrogens (tertiary/aromatic N) is 2. The lowest BCUT2D eigenvalue weighted by molar-refractivity contribution is 0.357. The summed E-state index contributed by atoms with van der Waals surface area (Å²) in [6, 6.07) is 18.7. The van der Waals surface area contributed by atoms with E-state index in [4.69, 9.17) is 4.74 Å². The quantitative estimate of drug-likeness (QED) is 0.193. The highest BCUT2D eigenvalue weighted by atomic mass is 127. The fourth-order valence-corrected chi connectivity index (χ4v) is 3.48. The fourth-order valence-electron chi connectivity index (χ4n) is 3.48. The van der Waals surface area contributed by atoms with E-state index in [1.54, 1.807) is 7.05 Å². The Kier molecular flexibility index (Phi) is 8.12. The molecule has 30 heavy (non-hydrogen) atoms. The van der Waals surface area contributed by atoms with Crippen LogP contribution in [0.25, 0.3) is 10.9 Å². The molecule has 3 aromatic rings. The van der Waals surface area contributed by atoms with E-state index in [0.29, 0.717) is 0 Å². The van der Waals surface area contributed by atoms with Gasteiger partial charge in [-0.05, 0) is 41.8 Å². The van der Waals surface area contributed by atoms with Crippen LogP contribution in [0.4, 0.5) is 5.82 Å². The molecular weight excluding hydrogens is 489 g/mol. The molecule has 0 amide bonds. The number of fused-ring (bicyclic) bond motifs is 2. The van der Waals surface area contributed by atoms with E-state index in [9.17, 15) is 0 Å². The summed E-state index contributed by atoms with van der Waals surface area (Å²) < 4.78 is 5.57. The molecule has 0 saturated carbocycles. The Labute approximate surface area is 194 Å². The van der Waals surface area contributed by atoms with E-state index in [1.807, 2.05) is 24.3 Å². The molecule has 158 valence electrons. The molecule has 1 aliphatic heterocycles. The monoisotopic (exact) mass is 517 g/mol. The fraction of sp³-hybridized carbons (Fsp3) is 0.304. The maximum atomic E-state index is 5.57. The van der Waals surface area contributed by atoms with E-state index in [2.05, 4.69) is 56.3 Å². The minimum absolute atomic E-state index is 0. The molecule has 0 unspecified atom stereocenters. The first-order valence-corrected chi connectivity index (χ1v) is 10.1. The van der Waals surface area contributed by atoms with E-state index in [-0.39, 0.29) is 24.0 Å². The highest BCUT2D eigenvalue weighted by Gasteiger charge is 2.11. The molecule has 2 heterocycles. The normalized spacial score (nSPS) is 12.6. The Morgan fingerprint density at radius 2 is 1.90 bits per heavy atom. The van der Waals surface area contributed by atoms with Crippen LogP contribution < -0.4 is 20.7 Å². The maximum Gasteiger partial charge on any atom is 0.191 e. The predicted molar refractivity (Wildman–Crippen MR) is 134 cm³/mol. The van der Waals surface area contributed by atoms with E-state index in [1.165, 1.54) is 11.1 Å². The number of halogens is 1. The number of ether oxygens (including phenoxy) is 1. The number of nitrogens with one attached hydrogen (secondary N) is 3. The molecule has 7 heteroatoms. The second-order valence-corrected chi connectivity index (χ2v) is 7.03. The summed E-state index contributed by atoms with van der Waals surface area (Å²) in [5.41, 5.74) is 3.64. The summed E-state index contributed by atoms with van der Waals surface area (Å²) in [6.45, 7) is 3.15. The summed E-state index contributed by atoms with van der Waals surface area (Å²) in [5, 5.41) is 11.2. The first kappa shape index (κ1) is 22.1. The Hall–Kier alpha value is -2.55. The van der Waals surface area contributed by atoms with Crippen LogP contribution in [-0.2, 0) is 12.8 Å². The van der Waals surface area contributed by atoms with Gasteiger partial charge in [0.2, 0.25) is 0 Å². The zero-order valence-electron chi connectivity index (χ0n) is 17.1. The van der Waals surface area contributed by atoms with Crippen molar-refractivity contribution in [3.05, 3.63) is 65.7 Å². The minimum Gasteiger partial charge on any atom is -0.493 e. The van der Waals surface area contributed by atoms with Gasteiger partial charge in [-0.1, -0.05) is 30.3 Å². The number of benzene rings is 2. The highest BCUT2D eigenvalue weighted by Crippen LogP contribution is 2.25. The number of anilines is 1. The number of rotatable bonds is 7. The molecule has 1 aromatic heterocycles. The smallest absolute Gasteiger partial charge is 0.191 e. The van der Waals surface area contributed by atoms with Crippen LogP contribution in [0.1, 0.15) is 11.1 Å². The van der Waals surface area contributed by atoms with Crippen LogP contribution in [-0.4, -0.2) is 44.2 Å². The van der Waals surface area contributed by atoms with Gasteiger partial charge in [0, 0.05) is 38.5 Å². The molecule has 0 fully saturated rings. The van der Waals surface area contributed by atoms with Gasteiger partial charge in [-0.15, -0.1) is 24.0 Å². The molecule has 0 spiro atoms. The minimum atomic E-state index is 0. The van der Waals surface area contributed by atoms with Crippen LogP contribution in [0.5, 0.6) is 5.75 Å². The zero-order chi connectivity index (χ0) is 19.9. The molecule has 1 aliphatic rings. The van der Waals surface area contributed by atoms with Crippen molar-refractivity contribution >= 4 is 46.7 Å². The summed E-state index contributed by atoms with van der Waals surface area (Å²) in [5.74, 6) is 2.73. The SMILES string of the molecule is CN=C(NCCNc1ccc2ccccc2n1)NCCc1ccc2c(c1)CCO2.I. The second-order valence-electron chi connectivity index (χ2n) is 7.03. The molecule has 0 aliphatic carbocycles. The lowest BCUT2D eigenvalue weighted by atomic mass is 10.1. The molecule has 0 radical (unpaired) electrons. The number of guanidine groups is 1. The van der Waals surface area contributed by atoms with Gasteiger partial charge in [-0.3, -0.25) is 4.99 Å². The molecule has 0 atom stereocenters.